The highest BCUT2D eigenvalue weighted by atomic mass is 16.5. The van der Waals surface area contributed by atoms with Gasteiger partial charge < -0.3 is 10.1 Å². The summed E-state index contributed by atoms with van der Waals surface area (Å²) in [4.78, 5) is 4.78. The van der Waals surface area contributed by atoms with Crippen molar-refractivity contribution in [2.24, 2.45) is 0 Å². The van der Waals surface area contributed by atoms with Crippen molar-refractivity contribution in [3.8, 4) is 0 Å². The van der Waals surface area contributed by atoms with Gasteiger partial charge in [-0.1, -0.05) is 48.5 Å². The maximum atomic E-state index is 6.21. The highest BCUT2D eigenvalue weighted by molar-refractivity contribution is 5.81. The SMILES string of the molecule is Cc1cccc2nc(COCC3(c4ccccc4)CCNCC3)ccc12. The molecule has 4 rings (SSSR count). The summed E-state index contributed by atoms with van der Waals surface area (Å²) in [6.07, 6.45) is 2.22. The molecule has 2 heterocycles. The summed E-state index contributed by atoms with van der Waals surface area (Å²) >= 11 is 0. The number of nitrogens with zero attached hydrogens (tertiary/aromatic N) is 1. The van der Waals surface area contributed by atoms with Crippen molar-refractivity contribution in [1.29, 1.82) is 0 Å². The highest BCUT2D eigenvalue weighted by Gasteiger charge is 2.34. The molecule has 1 aromatic heterocycles. The molecule has 1 fully saturated rings. The molecular weight excluding hydrogens is 320 g/mol. The zero-order valence-corrected chi connectivity index (χ0v) is 15.4. The summed E-state index contributed by atoms with van der Waals surface area (Å²) in [5.74, 6) is 0. The van der Waals surface area contributed by atoms with E-state index in [2.05, 4.69) is 72.9 Å². The van der Waals surface area contributed by atoms with Crippen molar-refractivity contribution >= 4 is 10.9 Å². The molecule has 1 saturated heterocycles. The lowest BCUT2D eigenvalue weighted by molar-refractivity contribution is 0.0550. The molecule has 1 N–H and O–H groups in total. The van der Waals surface area contributed by atoms with E-state index in [1.165, 1.54) is 16.5 Å². The van der Waals surface area contributed by atoms with Gasteiger partial charge in [-0.05, 0) is 56.1 Å². The van der Waals surface area contributed by atoms with E-state index in [-0.39, 0.29) is 5.41 Å². The second-order valence-corrected chi connectivity index (χ2v) is 7.33. The zero-order valence-electron chi connectivity index (χ0n) is 15.4. The fourth-order valence-corrected chi connectivity index (χ4v) is 4.00. The molecule has 1 aliphatic heterocycles. The molecule has 0 saturated carbocycles. The van der Waals surface area contributed by atoms with E-state index in [0.29, 0.717) is 6.61 Å². The van der Waals surface area contributed by atoms with Gasteiger partial charge in [0.1, 0.15) is 0 Å². The number of benzene rings is 2. The van der Waals surface area contributed by atoms with Crippen molar-refractivity contribution in [3.63, 3.8) is 0 Å². The van der Waals surface area contributed by atoms with E-state index in [1.54, 1.807) is 0 Å². The van der Waals surface area contributed by atoms with Crippen LogP contribution in [0, 0.1) is 6.92 Å². The molecule has 1 aliphatic rings. The Balaban J connectivity index is 1.48. The third kappa shape index (κ3) is 3.50. The average Bonchev–Trinajstić information content (AvgIpc) is 2.70. The first kappa shape index (κ1) is 17.2. The van der Waals surface area contributed by atoms with Crippen molar-refractivity contribution in [1.82, 2.24) is 10.3 Å². The molecule has 0 atom stereocenters. The molecule has 0 unspecified atom stereocenters. The summed E-state index contributed by atoms with van der Waals surface area (Å²) in [5.41, 5.74) is 4.81. The first-order valence-electron chi connectivity index (χ1n) is 9.46. The van der Waals surface area contributed by atoms with Crippen molar-refractivity contribution in [2.45, 2.75) is 31.8 Å². The van der Waals surface area contributed by atoms with Gasteiger partial charge in [0.25, 0.3) is 0 Å². The number of fused-ring (bicyclic) bond motifs is 1. The predicted octanol–water partition coefficient (Wildman–Crippen LogP) is 4.38. The molecule has 3 aromatic rings. The van der Waals surface area contributed by atoms with Gasteiger partial charge >= 0.3 is 0 Å². The van der Waals surface area contributed by atoms with E-state index in [1.807, 2.05) is 0 Å². The Hall–Kier alpha value is -2.23. The van der Waals surface area contributed by atoms with Gasteiger partial charge in [-0.15, -0.1) is 0 Å². The number of ether oxygens (including phenoxy) is 1. The third-order valence-corrected chi connectivity index (χ3v) is 5.58. The van der Waals surface area contributed by atoms with Gasteiger partial charge in [-0.3, -0.25) is 4.98 Å². The summed E-state index contributed by atoms with van der Waals surface area (Å²) in [6.45, 7) is 5.52. The molecule has 0 radical (unpaired) electrons. The van der Waals surface area contributed by atoms with E-state index in [4.69, 9.17) is 9.72 Å². The van der Waals surface area contributed by atoms with E-state index in [9.17, 15) is 0 Å². The summed E-state index contributed by atoms with van der Waals surface area (Å²) in [6, 6.07) is 21.3. The zero-order chi connectivity index (χ0) is 17.8. The molecule has 0 spiro atoms. The number of aromatic nitrogens is 1. The smallest absolute Gasteiger partial charge is 0.0888 e. The lowest BCUT2D eigenvalue weighted by Gasteiger charge is -2.38. The van der Waals surface area contributed by atoms with Crippen LogP contribution in [0.15, 0.2) is 60.7 Å². The predicted molar refractivity (Wildman–Crippen MR) is 106 cm³/mol. The lowest BCUT2D eigenvalue weighted by atomic mass is 9.74. The molecule has 2 aromatic carbocycles. The fraction of sp³-hybridized carbons (Fsp3) is 0.348. The first-order valence-corrected chi connectivity index (χ1v) is 9.46. The van der Waals surface area contributed by atoms with Crippen LogP contribution in [-0.4, -0.2) is 24.7 Å². The Morgan fingerprint density at radius 2 is 1.77 bits per heavy atom. The van der Waals surface area contributed by atoms with E-state index < -0.39 is 0 Å². The minimum atomic E-state index is 0.111. The minimum Gasteiger partial charge on any atom is -0.374 e. The van der Waals surface area contributed by atoms with Crippen LogP contribution in [0.25, 0.3) is 10.9 Å². The van der Waals surface area contributed by atoms with Gasteiger partial charge in [0.15, 0.2) is 0 Å². The molecule has 0 aliphatic carbocycles. The molecule has 3 nitrogen and oxygen atoms in total. The molecule has 0 bridgehead atoms. The van der Waals surface area contributed by atoms with Crippen LogP contribution < -0.4 is 5.32 Å². The Bertz CT molecular complexity index is 870. The number of hydrogen-bond donors (Lipinski definition) is 1. The first-order chi connectivity index (χ1) is 12.8. The molecule has 3 heteroatoms. The van der Waals surface area contributed by atoms with Crippen LogP contribution in [0.5, 0.6) is 0 Å². The number of nitrogens with one attached hydrogen (secondary N) is 1. The largest absolute Gasteiger partial charge is 0.374 e. The van der Waals surface area contributed by atoms with Crippen LogP contribution in [-0.2, 0) is 16.8 Å². The summed E-state index contributed by atoms with van der Waals surface area (Å²) < 4.78 is 6.21. The Labute approximate surface area is 155 Å². The Morgan fingerprint density at radius 1 is 0.962 bits per heavy atom. The van der Waals surface area contributed by atoms with Crippen LogP contribution in [0.4, 0.5) is 0 Å². The van der Waals surface area contributed by atoms with Gasteiger partial charge in [0.2, 0.25) is 0 Å². The van der Waals surface area contributed by atoms with Gasteiger partial charge in [-0.25, -0.2) is 0 Å². The second-order valence-electron chi connectivity index (χ2n) is 7.33. The summed E-state index contributed by atoms with van der Waals surface area (Å²) in [7, 11) is 0. The van der Waals surface area contributed by atoms with Crippen LogP contribution in [0.2, 0.25) is 0 Å². The van der Waals surface area contributed by atoms with Crippen molar-refractivity contribution in [2.75, 3.05) is 19.7 Å². The quantitative estimate of drug-likeness (QED) is 0.744. The number of aryl methyl sites for hydroxylation is 1. The maximum Gasteiger partial charge on any atom is 0.0888 e. The van der Waals surface area contributed by atoms with Crippen LogP contribution in [0.1, 0.15) is 29.7 Å². The highest BCUT2D eigenvalue weighted by Crippen LogP contribution is 2.34. The van der Waals surface area contributed by atoms with E-state index >= 15 is 0 Å². The van der Waals surface area contributed by atoms with E-state index in [0.717, 1.165) is 43.7 Å². The van der Waals surface area contributed by atoms with Crippen LogP contribution in [0.3, 0.4) is 0 Å². The molecule has 0 amide bonds. The monoisotopic (exact) mass is 346 g/mol. The van der Waals surface area contributed by atoms with Gasteiger partial charge in [0, 0.05) is 10.8 Å². The number of hydrogen-bond acceptors (Lipinski definition) is 3. The number of piperidine rings is 1. The van der Waals surface area contributed by atoms with Gasteiger partial charge in [0.05, 0.1) is 24.4 Å². The maximum absolute atomic E-state index is 6.21. The lowest BCUT2D eigenvalue weighted by Crippen LogP contribution is -2.43. The van der Waals surface area contributed by atoms with Gasteiger partial charge in [-0.2, -0.15) is 0 Å². The van der Waals surface area contributed by atoms with Crippen molar-refractivity contribution in [3.05, 3.63) is 77.5 Å². The van der Waals surface area contributed by atoms with Crippen molar-refractivity contribution < 1.29 is 4.74 Å². The molecule has 134 valence electrons. The second kappa shape index (κ2) is 7.56. The Morgan fingerprint density at radius 3 is 2.58 bits per heavy atom. The number of pyridine rings is 1. The third-order valence-electron chi connectivity index (χ3n) is 5.58. The van der Waals surface area contributed by atoms with Crippen LogP contribution >= 0.6 is 0 Å². The topological polar surface area (TPSA) is 34.1 Å². The fourth-order valence-electron chi connectivity index (χ4n) is 4.00. The normalized spacial score (nSPS) is 16.7. The molecule has 26 heavy (non-hydrogen) atoms. The standard InChI is InChI=1S/C23H26N2O/c1-18-6-5-9-22-21(18)11-10-20(25-22)16-26-17-23(12-14-24-15-13-23)19-7-3-2-4-8-19/h2-11,24H,12-17H2,1H3. The molecular formula is C23H26N2O. The number of rotatable bonds is 5. The minimum absolute atomic E-state index is 0.111. The Kier molecular flexibility index (Phi) is 5.00. The summed E-state index contributed by atoms with van der Waals surface area (Å²) in [5, 5.41) is 4.69. The average molecular weight is 346 g/mol.